The van der Waals surface area contributed by atoms with Crippen molar-refractivity contribution >= 4 is 16.8 Å². The highest BCUT2D eigenvalue weighted by molar-refractivity contribution is 6.63. The number of carbonyl (C=O) groups is 1. The number of hydrogen-bond donors (Lipinski definition) is 0. The molecule has 1 aromatic carbocycles. The molecular formula is C13H16Cl2NO-. The fourth-order valence-electron chi connectivity index (χ4n) is 2.16. The molecule has 94 valence electrons. The Morgan fingerprint density at radius 1 is 1.24 bits per heavy atom. The predicted octanol–water partition coefficient (Wildman–Crippen LogP) is -0.332. The number of nitrogens with zero attached hydrogens (tertiary/aromatic N) is 1. The summed E-state index contributed by atoms with van der Waals surface area (Å²) in [4.78, 5) is 13.4. The molecule has 1 aliphatic rings. The molecule has 0 amide bonds. The van der Waals surface area contributed by atoms with Gasteiger partial charge in [0.25, 0.3) is 0 Å². The maximum atomic E-state index is 11.0. The van der Waals surface area contributed by atoms with Gasteiger partial charge < -0.3 is 12.4 Å². The molecule has 0 bridgehead atoms. The number of rotatable bonds is 3. The number of piperidine rings is 1. The highest BCUT2D eigenvalue weighted by atomic mass is 35.5. The molecule has 1 aromatic rings. The Morgan fingerprint density at radius 3 is 2.35 bits per heavy atom. The van der Waals surface area contributed by atoms with E-state index in [9.17, 15) is 4.79 Å². The van der Waals surface area contributed by atoms with E-state index in [0.717, 1.165) is 32.5 Å². The second kappa shape index (κ2) is 7.00. The van der Waals surface area contributed by atoms with Gasteiger partial charge in [-0.05, 0) is 43.1 Å². The molecule has 0 radical (unpaired) electrons. The van der Waals surface area contributed by atoms with Gasteiger partial charge in [0.05, 0.1) is 0 Å². The first kappa shape index (κ1) is 14.5. The van der Waals surface area contributed by atoms with Crippen LogP contribution in [0.25, 0.3) is 0 Å². The summed E-state index contributed by atoms with van der Waals surface area (Å²) in [6, 6.07) is 10.4. The molecule has 1 heterocycles. The standard InChI is InChI=1S/C13H16ClNO.ClH/c14-13(16)12-6-8-15(9-7-12)10-11-4-2-1-3-5-11;/h1-5,12H,6-10H2;1H/p-1. The van der Waals surface area contributed by atoms with Crippen LogP contribution in [0.5, 0.6) is 0 Å². The lowest BCUT2D eigenvalue weighted by molar-refractivity contribution is -0.116. The van der Waals surface area contributed by atoms with Crippen molar-refractivity contribution in [1.82, 2.24) is 4.90 Å². The molecule has 0 spiro atoms. The highest BCUT2D eigenvalue weighted by Crippen LogP contribution is 2.20. The van der Waals surface area contributed by atoms with Crippen LogP contribution in [-0.2, 0) is 11.3 Å². The fraction of sp³-hybridized carbons (Fsp3) is 0.462. The van der Waals surface area contributed by atoms with Gasteiger partial charge in [0.15, 0.2) is 0 Å². The van der Waals surface area contributed by atoms with E-state index in [-0.39, 0.29) is 23.6 Å². The van der Waals surface area contributed by atoms with Gasteiger partial charge >= 0.3 is 0 Å². The summed E-state index contributed by atoms with van der Waals surface area (Å²) >= 11 is 5.51. The normalized spacial score (nSPS) is 17.5. The zero-order valence-corrected chi connectivity index (χ0v) is 11.1. The minimum absolute atomic E-state index is 0. The van der Waals surface area contributed by atoms with E-state index >= 15 is 0 Å². The molecule has 2 rings (SSSR count). The van der Waals surface area contributed by atoms with E-state index in [0.29, 0.717) is 0 Å². The number of carbonyl (C=O) groups excluding carboxylic acids is 1. The van der Waals surface area contributed by atoms with Gasteiger partial charge in [-0.15, -0.1) is 0 Å². The number of halogens is 2. The van der Waals surface area contributed by atoms with Crippen LogP contribution in [0.4, 0.5) is 0 Å². The number of benzene rings is 1. The Bertz CT molecular complexity index is 348. The Morgan fingerprint density at radius 2 is 1.82 bits per heavy atom. The minimum Gasteiger partial charge on any atom is -1.00 e. The van der Waals surface area contributed by atoms with Gasteiger partial charge in [0.2, 0.25) is 5.24 Å². The largest absolute Gasteiger partial charge is 1.00 e. The zero-order chi connectivity index (χ0) is 11.4. The van der Waals surface area contributed by atoms with Crippen molar-refractivity contribution in [3.63, 3.8) is 0 Å². The van der Waals surface area contributed by atoms with Gasteiger partial charge in [-0.2, -0.15) is 0 Å². The lowest BCUT2D eigenvalue weighted by Crippen LogP contribution is -3.00. The van der Waals surface area contributed by atoms with Crippen LogP contribution in [0, 0.1) is 5.92 Å². The van der Waals surface area contributed by atoms with Crippen molar-refractivity contribution in [3.8, 4) is 0 Å². The second-order valence-electron chi connectivity index (χ2n) is 4.34. The topological polar surface area (TPSA) is 20.3 Å². The van der Waals surface area contributed by atoms with Crippen molar-refractivity contribution in [2.24, 2.45) is 5.92 Å². The lowest BCUT2D eigenvalue weighted by atomic mass is 9.98. The summed E-state index contributed by atoms with van der Waals surface area (Å²) in [6.45, 7) is 2.92. The maximum Gasteiger partial charge on any atom is 0.224 e. The van der Waals surface area contributed by atoms with E-state index in [1.54, 1.807) is 0 Å². The van der Waals surface area contributed by atoms with Crippen molar-refractivity contribution in [3.05, 3.63) is 35.9 Å². The minimum atomic E-state index is -0.167. The monoisotopic (exact) mass is 272 g/mol. The van der Waals surface area contributed by atoms with Crippen molar-refractivity contribution in [2.45, 2.75) is 19.4 Å². The van der Waals surface area contributed by atoms with Crippen LogP contribution >= 0.6 is 11.6 Å². The Labute approximate surface area is 113 Å². The Balaban J connectivity index is 0.00000144. The molecule has 0 atom stereocenters. The summed E-state index contributed by atoms with van der Waals surface area (Å²) < 4.78 is 0. The first-order valence-corrected chi connectivity index (χ1v) is 6.09. The fourth-order valence-corrected chi connectivity index (χ4v) is 2.38. The molecule has 2 nitrogen and oxygen atoms in total. The van der Waals surface area contributed by atoms with E-state index in [1.165, 1.54) is 5.56 Å². The predicted molar refractivity (Wildman–Crippen MR) is 65.3 cm³/mol. The maximum absolute atomic E-state index is 11.0. The zero-order valence-electron chi connectivity index (χ0n) is 9.61. The van der Waals surface area contributed by atoms with Crippen molar-refractivity contribution < 1.29 is 17.2 Å². The highest BCUT2D eigenvalue weighted by Gasteiger charge is 2.23. The quantitative estimate of drug-likeness (QED) is 0.703. The van der Waals surface area contributed by atoms with E-state index in [4.69, 9.17) is 11.6 Å². The van der Waals surface area contributed by atoms with E-state index in [2.05, 4.69) is 29.2 Å². The summed E-state index contributed by atoms with van der Waals surface area (Å²) in [7, 11) is 0. The van der Waals surface area contributed by atoms with Crippen LogP contribution in [0.2, 0.25) is 0 Å². The van der Waals surface area contributed by atoms with Crippen LogP contribution in [0.15, 0.2) is 30.3 Å². The number of hydrogen-bond acceptors (Lipinski definition) is 2. The molecule has 4 heteroatoms. The average Bonchev–Trinajstić information content (AvgIpc) is 2.31. The smallest absolute Gasteiger partial charge is 0.224 e. The first-order chi connectivity index (χ1) is 7.75. The Hall–Kier alpha value is -0.570. The third kappa shape index (κ3) is 4.30. The summed E-state index contributed by atoms with van der Waals surface area (Å²) in [5.41, 5.74) is 1.33. The molecule has 0 aliphatic carbocycles. The number of likely N-dealkylation sites (tertiary alicyclic amines) is 1. The molecular weight excluding hydrogens is 257 g/mol. The molecule has 0 unspecified atom stereocenters. The third-order valence-electron chi connectivity index (χ3n) is 3.16. The lowest BCUT2D eigenvalue weighted by Gasteiger charge is -2.30. The van der Waals surface area contributed by atoms with E-state index in [1.807, 2.05) is 6.07 Å². The van der Waals surface area contributed by atoms with Gasteiger partial charge in [-0.25, -0.2) is 0 Å². The molecule has 0 aromatic heterocycles. The molecule has 1 aliphatic heterocycles. The first-order valence-electron chi connectivity index (χ1n) is 5.71. The van der Waals surface area contributed by atoms with Crippen LogP contribution < -0.4 is 12.4 Å². The van der Waals surface area contributed by atoms with Crippen LogP contribution in [0.3, 0.4) is 0 Å². The Kier molecular flexibility index (Phi) is 5.96. The SMILES string of the molecule is O=C(Cl)C1CCN(Cc2ccccc2)CC1.[Cl-]. The van der Waals surface area contributed by atoms with Crippen LogP contribution in [0.1, 0.15) is 18.4 Å². The average molecular weight is 273 g/mol. The van der Waals surface area contributed by atoms with Gasteiger partial charge in [-0.3, -0.25) is 9.69 Å². The van der Waals surface area contributed by atoms with E-state index < -0.39 is 0 Å². The van der Waals surface area contributed by atoms with Crippen molar-refractivity contribution in [1.29, 1.82) is 0 Å². The third-order valence-corrected chi connectivity index (χ3v) is 3.47. The summed E-state index contributed by atoms with van der Waals surface area (Å²) in [6.07, 6.45) is 1.80. The molecule has 1 fully saturated rings. The van der Waals surface area contributed by atoms with Gasteiger partial charge in [0, 0.05) is 12.5 Å². The molecule has 0 saturated carbocycles. The molecule has 0 N–H and O–H groups in total. The van der Waals surface area contributed by atoms with Gasteiger partial charge in [0.1, 0.15) is 0 Å². The summed E-state index contributed by atoms with van der Waals surface area (Å²) in [5, 5.41) is -0.167. The van der Waals surface area contributed by atoms with Gasteiger partial charge in [-0.1, -0.05) is 30.3 Å². The second-order valence-corrected chi connectivity index (χ2v) is 4.71. The molecule has 17 heavy (non-hydrogen) atoms. The summed E-state index contributed by atoms with van der Waals surface area (Å²) in [5.74, 6) is 0.0775. The van der Waals surface area contributed by atoms with Crippen molar-refractivity contribution in [2.75, 3.05) is 13.1 Å². The van der Waals surface area contributed by atoms with Crippen LogP contribution in [-0.4, -0.2) is 23.2 Å². The molecule has 1 saturated heterocycles.